The summed E-state index contributed by atoms with van der Waals surface area (Å²) in [5, 5.41) is 14.2. The van der Waals surface area contributed by atoms with Crippen LogP contribution in [0.5, 0.6) is 11.5 Å². The number of benzene rings is 1. The minimum absolute atomic E-state index is 0.0182. The summed E-state index contributed by atoms with van der Waals surface area (Å²) in [6, 6.07) is 3.94. The topological polar surface area (TPSA) is 106 Å². The highest BCUT2D eigenvalue weighted by Crippen LogP contribution is 2.35. The van der Waals surface area contributed by atoms with Gasteiger partial charge >= 0.3 is 0 Å². The van der Waals surface area contributed by atoms with Crippen LogP contribution in [0.3, 0.4) is 0 Å². The number of aromatic hydroxyl groups is 1. The molecule has 2 N–H and O–H groups in total. The first kappa shape index (κ1) is 21.0. The number of fused-ring (bicyclic) bond motifs is 3. The number of nitrogens with zero attached hydrogens (tertiary/aromatic N) is 3. The van der Waals surface area contributed by atoms with Crippen molar-refractivity contribution in [3.8, 4) is 11.5 Å². The van der Waals surface area contributed by atoms with Crippen molar-refractivity contribution < 1.29 is 14.6 Å². The first-order valence-corrected chi connectivity index (χ1v) is 10.9. The van der Waals surface area contributed by atoms with Crippen LogP contribution in [0.1, 0.15) is 42.3 Å². The van der Waals surface area contributed by atoms with Gasteiger partial charge in [0.05, 0.1) is 25.0 Å². The van der Waals surface area contributed by atoms with Gasteiger partial charge in [0.15, 0.2) is 11.5 Å². The molecule has 0 radical (unpaired) electrons. The number of methoxy groups -OCH3 is 1. The summed E-state index contributed by atoms with van der Waals surface area (Å²) in [5.74, 6) is 0.509. The Balaban J connectivity index is 1.54. The summed E-state index contributed by atoms with van der Waals surface area (Å²) in [7, 11) is 1.45. The molecular weight excluding hydrogens is 416 g/mol. The van der Waals surface area contributed by atoms with Gasteiger partial charge in [-0.3, -0.25) is 14.2 Å². The summed E-state index contributed by atoms with van der Waals surface area (Å²) < 4.78 is 6.42. The van der Waals surface area contributed by atoms with Crippen molar-refractivity contribution >= 4 is 33.7 Å². The third-order valence-electron chi connectivity index (χ3n) is 5.63. The summed E-state index contributed by atoms with van der Waals surface area (Å²) >= 11 is 1.59. The molecule has 1 aromatic carbocycles. The Morgan fingerprint density at radius 2 is 2.29 bits per heavy atom. The maximum Gasteiger partial charge on any atom is 0.263 e. The molecule has 1 aliphatic carbocycles. The first-order valence-electron chi connectivity index (χ1n) is 10.1. The highest BCUT2D eigenvalue weighted by molar-refractivity contribution is 7.18. The van der Waals surface area contributed by atoms with E-state index in [0.29, 0.717) is 22.6 Å². The van der Waals surface area contributed by atoms with Crippen LogP contribution in [0.15, 0.2) is 34.4 Å². The zero-order chi connectivity index (χ0) is 22.1. The molecular formula is C22H24N4O4S. The van der Waals surface area contributed by atoms with E-state index < -0.39 is 11.9 Å². The van der Waals surface area contributed by atoms with Gasteiger partial charge in [-0.25, -0.2) is 10.4 Å². The maximum atomic E-state index is 13.2. The third kappa shape index (κ3) is 4.05. The van der Waals surface area contributed by atoms with Crippen LogP contribution in [0.4, 0.5) is 0 Å². The van der Waals surface area contributed by atoms with E-state index in [4.69, 9.17) is 4.74 Å². The minimum Gasteiger partial charge on any atom is -0.504 e. The fraction of sp³-hybridized carbons (Fsp3) is 0.364. The molecule has 0 saturated heterocycles. The molecule has 4 rings (SSSR count). The van der Waals surface area contributed by atoms with E-state index in [0.717, 1.165) is 29.7 Å². The highest BCUT2D eigenvalue weighted by atomic mass is 32.1. The van der Waals surface area contributed by atoms with Crippen molar-refractivity contribution in [2.24, 2.45) is 11.0 Å². The van der Waals surface area contributed by atoms with E-state index >= 15 is 0 Å². The van der Waals surface area contributed by atoms with Crippen LogP contribution in [-0.4, -0.2) is 33.9 Å². The molecule has 0 spiro atoms. The summed E-state index contributed by atoms with van der Waals surface area (Å²) in [6.07, 6.45) is 5.78. The van der Waals surface area contributed by atoms with Crippen molar-refractivity contribution in [1.82, 2.24) is 15.0 Å². The van der Waals surface area contributed by atoms with Gasteiger partial charge in [-0.1, -0.05) is 6.92 Å². The molecule has 8 nitrogen and oxygen atoms in total. The number of aromatic nitrogens is 2. The van der Waals surface area contributed by atoms with E-state index in [1.165, 1.54) is 35.2 Å². The molecule has 9 heteroatoms. The Kier molecular flexibility index (Phi) is 5.77. The van der Waals surface area contributed by atoms with Crippen molar-refractivity contribution in [2.75, 3.05) is 7.11 Å². The monoisotopic (exact) mass is 440 g/mol. The molecule has 0 unspecified atom stereocenters. The fourth-order valence-electron chi connectivity index (χ4n) is 3.78. The van der Waals surface area contributed by atoms with Gasteiger partial charge in [0, 0.05) is 4.88 Å². The van der Waals surface area contributed by atoms with Gasteiger partial charge in [0.2, 0.25) is 0 Å². The Bertz CT molecular complexity index is 1230. The standard InChI is InChI=1S/C22H24N4O4S/c1-12-4-6-15-18(8-12)31-21-19(15)22(29)26(11-23-21)13(2)20(28)25-24-10-14-5-7-16(27)17(9-14)30-3/h5,7,9-13,27H,4,6,8H2,1-3H3,(H,25,28)/b24-10+/t12-,13+/m1/s1. The number of hydrogen-bond donors (Lipinski definition) is 2. The molecule has 3 aromatic rings. The lowest BCUT2D eigenvalue weighted by Crippen LogP contribution is -2.34. The highest BCUT2D eigenvalue weighted by Gasteiger charge is 2.25. The molecule has 0 saturated carbocycles. The zero-order valence-corrected chi connectivity index (χ0v) is 18.4. The predicted molar refractivity (Wildman–Crippen MR) is 120 cm³/mol. The number of ether oxygens (including phenoxy) is 1. The predicted octanol–water partition coefficient (Wildman–Crippen LogP) is 3.01. The first-order chi connectivity index (χ1) is 14.9. The lowest BCUT2D eigenvalue weighted by atomic mass is 9.89. The van der Waals surface area contributed by atoms with Crippen LogP contribution in [-0.2, 0) is 17.6 Å². The van der Waals surface area contributed by atoms with Crippen molar-refractivity contribution in [3.05, 3.63) is 50.9 Å². The quantitative estimate of drug-likeness (QED) is 0.469. The molecule has 2 aromatic heterocycles. The number of aryl methyl sites for hydroxylation is 1. The van der Waals surface area contributed by atoms with Gasteiger partial charge in [-0.05, 0) is 61.4 Å². The van der Waals surface area contributed by atoms with E-state index in [2.05, 4.69) is 22.4 Å². The lowest BCUT2D eigenvalue weighted by Gasteiger charge is -2.18. The van der Waals surface area contributed by atoms with Crippen molar-refractivity contribution in [3.63, 3.8) is 0 Å². The fourth-order valence-corrected chi connectivity index (χ4v) is 5.13. The summed E-state index contributed by atoms with van der Waals surface area (Å²) in [5.41, 5.74) is 4.01. The largest absolute Gasteiger partial charge is 0.504 e. The number of nitrogens with one attached hydrogen (secondary N) is 1. The van der Waals surface area contributed by atoms with Crippen LogP contribution >= 0.6 is 11.3 Å². The second-order valence-electron chi connectivity index (χ2n) is 7.83. The third-order valence-corrected chi connectivity index (χ3v) is 6.79. The van der Waals surface area contributed by atoms with Crippen molar-refractivity contribution in [1.29, 1.82) is 0 Å². The Hall–Kier alpha value is -3.20. The SMILES string of the molecule is COc1cc(/C=N/NC(=O)[C@H](C)n2cnc3sc4c(c3c2=O)CC[C@@H](C)C4)ccc1O. The van der Waals surface area contributed by atoms with E-state index in [-0.39, 0.29) is 11.3 Å². The van der Waals surface area contributed by atoms with Crippen LogP contribution in [0.2, 0.25) is 0 Å². The zero-order valence-electron chi connectivity index (χ0n) is 17.6. The van der Waals surface area contributed by atoms with Gasteiger partial charge in [-0.2, -0.15) is 5.10 Å². The molecule has 0 aliphatic heterocycles. The maximum absolute atomic E-state index is 13.2. The Morgan fingerprint density at radius 3 is 3.06 bits per heavy atom. The Morgan fingerprint density at radius 1 is 1.48 bits per heavy atom. The van der Waals surface area contributed by atoms with Gasteiger partial charge in [0.25, 0.3) is 11.5 Å². The van der Waals surface area contributed by atoms with Gasteiger partial charge in [0.1, 0.15) is 10.9 Å². The summed E-state index contributed by atoms with van der Waals surface area (Å²) in [4.78, 5) is 32.2. The molecule has 2 heterocycles. The van der Waals surface area contributed by atoms with Crippen LogP contribution < -0.4 is 15.7 Å². The van der Waals surface area contributed by atoms with E-state index in [1.807, 2.05) is 0 Å². The van der Waals surface area contributed by atoms with Gasteiger partial charge in [-0.15, -0.1) is 11.3 Å². The number of hydrogen-bond acceptors (Lipinski definition) is 7. The number of rotatable bonds is 5. The number of carbonyl (C=O) groups excluding carboxylic acids is 1. The Labute approximate surface area is 183 Å². The second kappa shape index (κ2) is 8.50. The lowest BCUT2D eigenvalue weighted by molar-refractivity contribution is -0.123. The molecule has 162 valence electrons. The molecule has 0 fully saturated rings. The molecule has 31 heavy (non-hydrogen) atoms. The van der Waals surface area contributed by atoms with E-state index in [1.54, 1.807) is 30.4 Å². The number of hydrazone groups is 1. The average molecular weight is 441 g/mol. The second-order valence-corrected chi connectivity index (χ2v) is 8.91. The number of phenols is 1. The van der Waals surface area contributed by atoms with Crippen LogP contribution in [0.25, 0.3) is 10.2 Å². The smallest absolute Gasteiger partial charge is 0.263 e. The van der Waals surface area contributed by atoms with Crippen molar-refractivity contribution in [2.45, 2.75) is 39.2 Å². The van der Waals surface area contributed by atoms with Gasteiger partial charge < -0.3 is 9.84 Å². The number of carbonyl (C=O) groups is 1. The number of phenolic OH excluding ortho intramolecular Hbond substituents is 1. The number of amides is 1. The minimum atomic E-state index is -0.769. The molecule has 1 aliphatic rings. The molecule has 2 atom stereocenters. The average Bonchev–Trinajstić information content (AvgIpc) is 3.12. The normalized spacial score (nSPS) is 16.9. The summed E-state index contributed by atoms with van der Waals surface area (Å²) in [6.45, 7) is 3.87. The van der Waals surface area contributed by atoms with E-state index in [9.17, 15) is 14.7 Å². The van der Waals surface area contributed by atoms with Crippen LogP contribution in [0, 0.1) is 5.92 Å². The number of thiophene rings is 1. The molecule has 1 amide bonds. The molecule has 0 bridgehead atoms.